The van der Waals surface area contributed by atoms with Crippen molar-refractivity contribution in [3.63, 3.8) is 0 Å². The van der Waals surface area contributed by atoms with Gasteiger partial charge in [-0.15, -0.1) is 11.3 Å². The van der Waals surface area contributed by atoms with Crippen LogP contribution in [0.15, 0.2) is 23.7 Å². The zero-order valence-corrected chi connectivity index (χ0v) is 13.3. The van der Waals surface area contributed by atoms with Crippen molar-refractivity contribution in [3.8, 4) is 0 Å². The van der Waals surface area contributed by atoms with Crippen molar-refractivity contribution in [1.82, 2.24) is 15.2 Å². The highest BCUT2D eigenvalue weighted by Gasteiger charge is 2.21. The Morgan fingerprint density at radius 2 is 2.36 bits per heavy atom. The molecule has 0 aliphatic carbocycles. The Bertz CT molecular complexity index is 643. The quantitative estimate of drug-likeness (QED) is 0.883. The van der Waals surface area contributed by atoms with Gasteiger partial charge in [0.25, 0.3) is 5.91 Å². The molecular formula is C16H21N3O2S. The molecule has 1 atom stereocenters. The molecule has 0 radical (unpaired) electrons. The molecule has 2 aromatic rings. The lowest BCUT2D eigenvalue weighted by Crippen LogP contribution is -2.45. The van der Waals surface area contributed by atoms with Gasteiger partial charge in [0.1, 0.15) is 0 Å². The molecule has 1 amide bonds. The van der Waals surface area contributed by atoms with E-state index in [0.717, 1.165) is 29.7 Å². The SMILES string of the molecule is O=C(NCCN1CCCC[C@@H]1CO)c1ccc2ncsc2c1. The van der Waals surface area contributed by atoms with Crippen LogP contribution in [0.5, 0.6) is 0 Å². The Morgan fingerprint density at radius 3 is 3.23 bits per heavy atom. The van der Waals surface area contributed by atoms with E-state index in [1.807, 2.05) is 18.2 Å². The van der Waals surface area contributed by atoms with E-state index in [2.05, 4.69) is 15.2 Å². The summed E-state index contributed by atoms with van der Waals surface area (Å²) in [6, 6.07) is 5.83. The third-order valence-corrected chi connectivity index (χ3v) is 5.03. The number of piperidine rings is 1. The number of carbonyl (C=O) groups excluding carboxylic acids is 1. The van der Waals surface area contributed by atoms with Crippen molar-refractivity contribution < 1.29 is 9.90 Å². The summed E-state index contributed by atoms with van der Waals surface area (Å²) < 4.78 is 1.03. The normalized spacial score (nSPS) is 19.4. The zero-order chi connectivity index (χ0) is 15.4. The summed E-state index contributed by atoms with van der Waals surface area (Å²) >= 11 is 1.54. The Hall–Kier alpha value is -1.50. The van der Waals surface area contributed by atoms with Crippen LogP contribution < -0.4 is 5.32 Å². The third-order valence-electron chi connectivity index (χ3n) is 4.24. The molecule has 3 rings (SSSR count). The summed E-state index contributed by atoms with van der Waals surface area (Å²) in [5.74, 6) is -0.0483. The van der Waals surface area contributed by atoms with Crippen LogP contribution in [0.2, 0.25) is 0 Å². The van der Waals surface area contributed by atoms with Crippen molar-refractivity contribution >= 4 is 27.5 Å². The molecule has 1 aliphatic rings. The monoisotopic (exact) mass is 319 g/mol. The molecular weight excluding hydrogens is 298 g/mol. The van der Waals surface area contributed by atoms with E-state index in [1.54, 1.807) is 16.8 Å². The minimum absolute atomic E-state index is 0.0483. The van der Waals surface area contributed by atoms with Gasteiger partial charge in [-0.25, -0.2) is 4.98 Å². The van der Waals surface area contributed by atoms with Gasteiger partial charge in [-0.3, -0.25) is 9.69 Å². The highest BCUT2D eigenvalue weighted by molar-refractivity contribution is 7.16. The Balaban J connectivity index is 1.53. The number of aliphatic hydroxyl groups is 1. The lowest BCUT2D eigenvalue weighted by atomic mass is 10.0. The minimum Gasteiger partial charge on any atom is -0.395 e. The van der Waals surface area contributed by atoms with E-state index in [1.165, 1.54) is 12.8 Å². The fourth-order valence-electron chi connectivity index (χ4n) is 2.97. The van der Waals surface area contributed by atoms with Gasteiger partial charge in [0, 0.05) is 24.7 Å². The fraction of sp³-hybridized carbons (Fsp3) is 0.500. The Morgan fingerprint density at radius 1 is 1.45 bits per heavy atom. The van der Waals surface area contributed by atoms with E-state index < -0.39 is 0 Å². The second-order valence-electron chi connectivity index (χ2n) is 5.66. The highest BCUT2D eigenvalue weighted by Crippen LogP contribution is 2.19. The van der Waals surface area contributed by atoms with Gasteiger partial charge in [-0.2, -0.15) is 0 Å². The predicted molar refractivity (Wildman–Crippen MR) is 88.3 cm³/mol. The number of thiazole rings is 1. The van der Waals surface area contributed by atoms with Gasteiger partial charge in [-0.05, 0) is 37.6 Å². The first kappa shape index (κ1) is 15.4. The number of benzene rings is 1. The van der Waals surface area contributed by atoms with Gasteiger partial charge in [0.15, 0.2) is 0 Å². The average Bonchev–Trinajstić information content (AvgIpc) is 3.02. The molecule has 1 fully saturated rings. The van der Waals surface area contributed by atoms with E-state index >= 15 is 0 Å². The highest BCUT2D eigenvalue weighted by atomic mass is 32.1. The Kier molecular flexibility index (Phi) is 5.02. The summed E-state index contributed by atoms with van der Waals surface area (Å²) in [6.45, 7) is 2.61. The largest absolute Gasteiger partial charge is 0.395 e. The molecule has 0 spiro atoms. The van der Waals surface area contributed by atoms with E-state index in [0.29, 0.717) is 12.1 Å². The summed E-state index contributed by atoms with van der Waals surface area (Å²) in [6.07, 6.45) is 3.40. The maximum Gasteiger partial charge on any atom is 0.251 e. The number of rotatable bonds is 5. The standard InChI is InChI=1S/C16H21N3O2S/c20-10-13-3-1-2-7-19(13)8-6-17-16(21)12-4-5-14-15(9-12)22-11-18-14/h4-5,9,11,13,20H,1-3,6-8,10H2,(H,17,21)/t13-/m1/s1. The second kappa shape index (κ2) is 7.17. The molecule has 0 unspecified atom stereocenters. The number of nitrogens with zero attached hydrogens (tertiary/aromatic N) is 2. The molecule has 1 aromatic heterocycles. The number of nitrogens with one attached hydrogen (secondary N) is 1. The smallest absolute Gasteiger partial charge is 0.251 e. The molecule has 1 aromatic carbocycles. The van der Waals surface area contributed by atoms with Crippen LogP contribution in [0, 0.1) is 0 Å². The Labute approximate surface area is 134 Å². The molecule has 2 N–H and O–H groups in total. The van der Waals surface area contributed by atoms with Gasteiger partial charge in [0.2, 0.25) is 0 Å². The number of amides is 1. The van der Waals surface area contributed by atoms with Gasteiger partial charge >= 0.3 is 0 Å². The maximum atomic E-state index is 12.2. The minimum atomic E-state index is -0.0483. The van der Waals surface area contributed by atoms with Crippen molar-refractivity contribution in [3.05, 3.63) is 29.3 Å². The number of aromatic nitrogens is 1. The molecule has 22 heavy (non-hydrogen) atoms. The van der Waals surface area contributed by atoms with E-state index in [-0.39, 0.29) is 18.6 Å². The zero-order valence-electron chi connectivity index (χ0n) is 12.5. The second-order valence-corrected chi connectivity index (χ2v) is 6.55. The molecule has 118 valence electrons. The van der Waals surface area contributed by atoms with Crippen LogP contribution in [0.3, 0.4) is 0 Å². The molecule has 1 saturated heterocycles. The first-order chi connectivity index (χ1) is 10.8. The number of fused-ring (bicyclic) bond motifs is 1. The average molecular weight is 319 g/mol. The van der Waals surface area contributed by atoms with Crippen LogP contribution in [0.25, 0.3) is 10.2 Å². The van der Waals surface area contributed by atoms with E-state index in [4.69, 9.17) is 0 Å². The molecule has 2 heterocycles. The van der Waals surface area contributed by atoms with Gasteiger partial charge < -0.3 is 10.4 Å². The molecule has 0 saturated carbocycles. The number of hydrogen-bond acceptors (Lipinski definition) is 5. The topological polar surface area (TPSA) is 65.5 Å². The maximum absolute atomic E-state index is 12.2. The summed E-state index contributed by atoms with van der Waals surface area (Å²) in [7, 11) is 0. The lowest BCUT2D eigenvalue weighted by molar-refractivity contribution is 0.0849. The predicted octanol–water partition coefficient (Wildman–Crippen LogP) is 1.87. The van der Waals surface area contributed by atoms with Crippen LogP contribution in [-0.2, 0) is 0 Å². The van der Waals surface area contributed by atoms with Crippen molar-refractivity contribution in [2.45, 2.75) is 25.3 Å². The first-order valence-electron chi connectivity index (χ1n) is 7.74. The summed E-state index contributed by atoms with van der Waals surface area (Å²) in [4.78, 5) is 18.7. The summed E-state index contributed by atoms with van der Waals surface area (Å²) in [5.41, 5.74) is 3.40. The van der Waals surface area contributed by atoms with Crippen LogP contribution in [0.4, 0.5) is 0 Å². The van der Waals surface area contributed by atoms with E-state index in [9.17, 15) is 9.90 Å². The van der Waals surface area contributed by atoms with Crippen LogP contribution in [0.1, 0.15) is 29.6 Å². The lowest BCUT2D eigenvalue weighted by Gasteiger charge is -2.34. The number of aliphatic hydroxyl groups excluding tert-OH is 1. The van der Waals surface area contributed by atoms with Crippen molar-refractivity contribution in [2.75, 3.05) is 26.2 Å². The van der Waals surface area contributed by atoms with Crippen LogP contribution in [-0.4, -0.2) is 53.2 Å². The first-order valence-corrected chi connectivity index (χ1v) is 8.62. The summed E-state index contributed by atoms with van der Waals surface area (Å²) in [5, 5.41) is 12.4. The fourth-order valence-corrected chi connectivity index (χ4v) is 3.69. The number of carbonyl (C=O) groups is 1. The molecule has 0 bridgehead atoms. The van der Waals surface area contributed by atoms with Gasteiger partial charge in [0.05, 0.1) is 22.3 Å². The molecule has 1 aliphatic heterocycles. The van der Waals surface area contributed by atoms with Gasteiger partial charge in [-0.1, -0.05) is 6.42 Å². The molecule has 5 nitrogen and oxygen atoms in total. The van der Waals surface area contributed by atoms with Crippen molar-refractivity contribution in [1.29, 1.82) is 0 Å². The molecule has 6 heteroatoms. The van der Waals surface area contributed by atoms with Crippen molar-refractivity contribution in [2.24, 2.45) is 0 Å². The number of likely N-dealkylation sites (tertiary alicyclic amines) is 1. The van der Waals surface area contributed by atoms with Crippen LogP contribution >= 0.6 is 11.3 Å². The number of hydrogen-bond donors (Lipinski definition) is 2. The third kappa shape index (κ3) is 3.45.